The van der Waals surface area contributed by atoms with Gasteiger partial charge in [0, 0.05) is 0 Å². The Morgan fingerprint density at radius 3 is 2.30 bits per heavy atom. The largest absolute Gasteiger partial charge is 0.232 e. The van der Waals surface area contributed by atoms with Crippen LogP contribution >= 0.6 is 0 Å². The van der Waals surface area contributed by atoms with E-state index in [0.717, 1.165) is 5.56 Å². The summed E-state index contributed by atoms with van der Waals surface area (Å²) in [6.07, 6.45) is 0. The highest BCUT2D eigenvalue weighted by molar-refractivity contribution is 5.31. The number of benzene rings is 1. The van der Waals surface area contributed by atoms with Crippen LogP contribution in [0.25, 0.3) is 0 Å². The van der Waals surface area contributed by atoms with Gasteiger partial charge in [0.15, 0.2) is 0 Å². The van der Waals surface area contributed by atoms with Crippen LogP contribution in [-0.2, 0) is 11.7 Å². The lowest BCUT2D eigenvalue weighted by Crippen LogP contribution is -1.80. The molecule has 0 bridgehead atoms. The van der Waals surface area contributed by atoms with E-state index in [2.05, 4.69) is 0 Å². The van der Waals surface area contributed by atoms with E-state index in [4.69, 9.17) is 5.26 Å². The van der Waals surface area contributed by atoms with Crippen LogP contribution in [0.3, 0.4) is 0 Å². The predicted molar refractivity (Wildman–Crippen MR) is 35.5 cm³/mol. The number of hydrogen-bond acceptors (Lipinski definition) is 1. The van der Waals surface area contributed by atoms with E-state index in [1.54, 1.807) is 24.3 Å². The summed E-state index contributed by atoms with van der Waals surface area (Å²) in [4.78, 5) is 0. The summed E-state index contributed by atoms with van der Waals surface area (Å²) in [5.74, 6) is 0. The lowest BCUT2D eigenvalue weighted by atomic mass is 10.2. The van der Waals surface area contributed by atoms with Crippen molar-refractivity contribution >= 4 is 0 Å². The van der Waals surface area contributed by atoms with Gasteiger partial charge in [0.25, 0.3) is 0 Å². The molecule has 0 aliphatic carbocycles. The second-order valence-electron chi connectivity index (χ2n) is 1.95. The molecule has 0 atom stereocenters. The van der Waals surface area contributed by atoms with Crippen molar-refractivity contribution in [2.45, 2.75) is 6.61 Å². The SMILES string of the molecule is N#Cc1ccc(C[O])cc1. The fraction of sp³-hybridized carbons (Fsp3) is 0.125. The minimum atomic E-state index is -0.217. The predicted octanol–water partition coefficient (Wildman–Crippen LogP) is 1.49. The summed E-state index contributed by atoms with van der Waals surface area (Å²) in [6, 6.07) is 8.61. The lowest BCUT2D eigenvalue weighted by Gasteiger charge is -1.91. The van der Waals surface area contributed by atoms with Crippen LogP contribution in [0.15, 0.2) is 24.3 Å². The van der Waals surface area contributed by atoms with E-state index in [1.807, 2.05) is 6.07 Å². The molecule has 0 aromatic heterocycles. The molecule has 2 nitrogen and oxygen atoms in total. The summed E-state index contributed by atoms with van der Waals surface area (Å²) in [5, 5.41) is 18.6. The van der Waals surface area contributed by atoms with Crippen molar-refractivity contribution in [3.8, 4) is 6.07 Å². The van der Waals surface area contributed by atoms with Gasteiger partial charge in [-0.05, 0) is 17.7 Å². The molecular weight excluding hydrogens is 126 g/mol. The van der Waals surface area contributed by atoms with Crippen LogP contribution in [0.1, 0.15) is 11.1 Å². The van der Waals surface area contributed by atoms with Crippen LogP contribution in [0, 0.1) is 11.3 Å². The molecule has 0 aliphatic heterocycles. The highest BCUT2D eigenvalue weighted by atomic mass is 16.3. The van der Waals surface area contributed by atoms with Gasteiger partial charge in [-0.1, -0.05) is 12.1 Å². The highest BCUT2D eigenvalue weighted by Crippen LogP contribution is 2.02. The zero-order valence-corrected chi connectivity index (χ0v) is 5.37. The first-order chi connectivity index (χ1) is 4.86. The molecule has 0 heterocycles. The smallest absolute Gasteiger partial charge is 0.107 e. The molecule has 0 saturated heterocycles. The topological polar surface area (TPSA) is 43.7 Å². The van der Waals surface area contributed by atoms with Gasteiger partial charge in [0.1, 0.15) is 6.61 Å². The quantitative estimate of drug-likeness (QED) is 0.570. The normalized spacial score (nSPS) is 8.80. The summed E-state index contributed by atoms with van der Waals surface area (Å²) in [7, 11) is 0. The molecule has 0 N–H and O–H groups in total. The Morgan fingerprint density at radius 2 is 1.90 bits per heavy atom. The Hall–Kier alpha value is -1.33. The van der Waals surface area contributed by atoms with Crippen LogP contribution in [0.4, 0.5) is 0 Å². The second-order valence-corrected chi connectivity index (χ2v) is 1.95. The van der Waals surface area contributed by atoms with Crippen LogP contribution in [-0.4, -0.2) is 0 Å². The van der Waals surface area contributed by atoms with Gasteiger partial charge in [-0.15, -0.1) is 0 Å². The zero-order chi connectivity index (χ0) is 7.40. The van der Waals surface area contributed by atoms with Crippen LogP contribution in [0.2, 0.25) is 0 Å². The van der Waals surface area contributed by atoms with E-state index >= 15 is 0 Å². The van der Waals surface area contributed by atoms with Gasteiger partial charge in [-0.25, -0.2) is 5.11 Å². The maximum absolute atomic E-state index is 10.2. The summed E-state index contributed by atoms with van der Waals surface area (Å²) in [5.41, 5.74) is 1.32. The molecule has 1 aromatic rings. The number of hydrogen-bond donors (Lipinski definition) is 0. The van der Waals surface area contributed by atoms with E-state index in [-0.39, 0.29) is 6.61 Å². The van der Waals surface area contributed by atoms with E-state index in [9.17, 15) is 5.11 Å². The van der Waals surface area contributed by atoms with Crippen molar-refractivity contribution < 1.29 is 5.11 Å². The first-order valence-electron chi connectivity index (χ1n) is 2.94. The summed E-state index contributed by atoms with van der Waals surface area (Å²) in [6.45, 7) is -0.217. The molecule has 0 spiro atoms. The molecule has 2 heteroatoms. The van der Waals surface area contributed by atoms with E-state index < -0.39 is 0 Å². The summed E-state index contributed by atoms with van der Waals surface area (Å²) >= 11 is 0. The van der Waals surface area contributed by atoms with Crippen molar-refractivity contribution in [1.29, 1.82) is 5.26 Å². The Balaban J connectivity index is 2.93. The standard InChI is InChI=1S/C8H6NO/c9-5-7-1-3-8(6-10)4-2-7/h1-4H,6H2. The molecule has 1 radical (unpaired) electrons. The Labute approximate surface area is 59.3 Å². The average molecular weight is 132 g/mol. The van der Waals surface area contributed by atoms with Crippen molar-refractivity contribution in [3.05, 3.63) is 35.4 Å². The molecular formula is C8H6NO. The second kappa shape index (κ2) is 3.00. The van der Waals surface area contributed by atoms with Gasteiger partial charge in [-0.3, -0.25) is 0 Å². The van der Waals surface area contributed by atoms with Crippen LogP contribution < -0.4 is 0 Å². The molecule has 1 aromatic carbocycles. The fourth-order valence-corrected chi connectivity index (χ4v) is 0.676. The molecule has 0 fully saturated rings. The van der Waals surface area contributed by atoms with Crippen molar-refractivity contribution in [2.75, 3.05) is 0 Å². The first-order valence-corrected chi connectivity index (χ1v) is 2.94. The highest BCUT2D eigenvalue weighted by Gasteiger charge is 1.90. The van der Waals surface area contributed by atoms with Crippen molar-refractivity contribution in [3.63, 3.8) is 0 Å². The lowest BCUT2D eigenvalue weighted by molar-refractivity contribution is 0.177. The molecule has 0 saturated carbocycles. The van der Waals surface area contributed by atoms with Gasteiger partial charge in [0.05, 0.1) is 11.6 Å². The van der Waals surface area contributed by atoms with Crippen molar-refractivity contribution in [1.82, 2.24) is 0 Å². The number of nitriles is 1. The van der Waals surface area contributed by atoms with Crippen LogP contribution in [0.5, 0.6) is 0 Å². The maximum Gasteiger partial charge on any atom is 0.107 e. The third-order valence-corrected chi connectivity index (χ3v) is 1.25. The Kier molecular flexibility index (Phi) is 2.03. The number of nitrogens with zero attached hydrogens (tertiary/aromatic N) is 1. The molecule has 0 amide bonds. The molecule has 10 heavy (non-hydrogen) atoms. The van der Waals surface area contributed by atoms with E-state index in [0.29, 0.717) is 5.56 Å². The van der Waals surface area contributed by atoms with E-state index in [1.165, 1.54) is 0 Å². The zero-order valence-electron chi connectivity index (χ0n) is 5.37. The van der Waals surface area contributed by atoms with Gasteiger partial charge >= 0.3 is 0 Å². The maximum atomic E-state index is 10.2. The minimum absolute atomic E-state index is 0.217. The summed E-state index contributed by atoms with van der Waals surface area (Å²) < 4.78 is 0. The monoisotopic (exact) mass is 132 g/mol. The Bertz CT molecular complexity index is 245. The molecule has 1 rings (SSSR count). The third kappa shape index (κ3) is 1.34. The third-order valence-electron chi connectivity index (χ3n) is 1.25. The first kappa shape index (κ1) is 6.79. The van der Waals surface area contributed by atoms with Gasteiger partial charge < -0.3 is 0 Å². The molecule has 0 aliphatic rings. The number of rotatable bonds is 1. The van der Waals surface area contributed by atoms with Gasteiger partial charge in [-0.2, -0.15) is 5.26 Å². The van der Waals surface area contributed by atoms with Crippen molar-refractivity contribution in [2.24, 2.45) is 0 Å². The van der Waals surface area contributed by atoms with Gasteiger partial charge in [0.2, 0.25) is 0 Å². The fourth-order valence-electron chi connectivity index (χ4n) is 0.676. The average Bonchev–Trinajstić information content (AvgIpc) is 2.05. The Morgan fingerprint density at radius 1 is 1.30 bits per heavy atom. The minimum Gasteiger partial charge on any atom is -0.232 e. The molecule has 0 unspecified atom stereocenters. The molecule has 49 valence electrons.